The first-order valence-corrected chi connectivity index (χ1v) is 10.4. The number of halogens is 2. The molecule has 2 N–H and O–H groups in total. The van der Waals surface area contributed by atoms with Crippen LogP contribution in [0, 0.1) is 11.6 Å². The summed E-state index contributed by atoms with van der Waals surface area (Å²) in [6.07, 6.45) is 0.610. The molecule has 2 aromatic carbocycles. The number of rotatable bonds is 3. The molecule has 168 valence electrons. The van der Waals surface area contributed by atoms with Crippen LogP contribution >= 0.6 is 0 Å². The average Bonchev–Trinajstić information content (AvgIpc) is 2.90. The van der Waals surface area contributed by atoms with Gasteiger partial charge in [-0.2, -0.15) is 0 Å². The number of amides is 4. The van der Waals surface area contributed by atoms with Crippen LogP contribution in [0.4, 0.5) is 19.3 Å². The smallest absolute Gasteiger partial charge is 0.322 e. The molecule has 0 bridgehead atoms. The highest BCUT2D eigenvalue weighted by atomic mass is 19.1. The second kappa shape index (κ2) is 8.22. The number of benzene rings is 2. The lowest BCUT2D eigenvalue weighted by Crippen LogP contribution is -2.42. The van der Waals surface area contributed by atoms with Crippen molar-refractivity contribution in [2.45, 2.75) is 31.8 Å². The summed E-state index contributed by atoms with van der Waals surface area (Å²) in [6.45, 7) is 4.79. The zero-order valence-corrected chi connectivity index (χ0v) is 17.8. The molecule has 7 nitrogen and oxygen atoms in total. The van der Waals surface area contributed by atoms with Gasteiger partial charge in [0.25, 0.3) is 11.8 Å². The molecule has 2 heterocycles. The summed E-state index contributed by atoms with van der Waals surface area (Å²) < 4.78 is 27.5. The zero-order chi connectivity index (χ0) is 23.0. The molecule has 2 saturated heterocycles. The fourth-order valence-electron chi connectivity index (χ4n) is 4.21. The Labute approximate surface area is 184 Å². The minimum Gasteiger partial charge on any atom is -0.367 e. The number of urea groups is 1. The Morgan fingerprint density at radius 2 is 1.88 bits per heavy atom. The second-order valence-electron chi connectivity index (χ2n) is 8.33. The number of imide groups is 1. The first-order chi connectivity index (χ1) is 15.2. The molecule has 2 aliphatic rings. The molecule has 0 saturated carbocycles. The summed E-state index contributed by atoms with van der Waals surface area (Å²) in [5.74, 6) is -1.96. The minimum absolute atomic E-state index is 0.107. The SMILES string of the molecule is CC1CCN(c2ccc(F)cc2F)CCN1C(=O)c1cccc(C2(C)NC(=O)NC2=O)c1. The Balaban J connectivity index is 1.54. The van der Waals surface area contributed by atoms with Crippen molar-refractivity contribution in [3.8, 4) is 0 Å². The van der Waals surface area contributed by atoms with Crippen molar-refractivity contribution < 1.29 is 23.2 Å². The molecule has 9 heteroatoms. The van der Waals surface area contributed by atoms with Crippen LogP contribution in [0.2, 0.25) is 0 Å². The molecule has 32 heavy (non-hydrogen) atoms. The van der Waals surface area contributed by atoms with Gasteiger partial charge in [-0.05, 0) is 50.1 Å². The Morgan fingerprint density at radius 3 is 2.56 bits per heavy atom. The molecular formula is C23H24F2N4O3. The number of nitrogens with one attached hydrogen (secondary N) is 2. The third-order valence-corrected chi connectivity index (χ3v) is 6.20. The maximum atomic E-state index is 14.2. The summed E-state index contributed by atoms with van der Waals surface area (Å²) in [6, 6.07) is 9.45. The van der Waals surface area contributed by atoms with Crippen LogP contribution < -0.4 is 15.5 Å². The highest BCUT2D eigenvalue weighted by molar-refractivity contribution is 6.07. The Morgan fingerprint density at radius 1 is 1.09 bits per heavy atom. The topological polar surface area (TPSA) is 81.8 Å². The van der Waals surface area contributed by atoms with E-state index in [1.54, 1.807) is 36.1 Å². The Bertz CT molecular complexity index is 1090. The van der Waals surface area contributed by atoms with Crippen LogP contribution in [-0.2, 0) is 10.3 Å². The average molecular weight is 442 g/mol. The normalized spacial score (nSPS) is 23.6. The molecule has 0 radical (unpaired) electrons. The van der Waals surface area contributed by atoms with Crippen molar-refractivity contribution in [2.24, 2.45) is 0 Å². The molecular weight excluding hydrogens is 418 g/mol. The van der Waals surface area contributed by atoms with E-state index >= 15 is 0 Å². The molecule has 0 aromatic heterocycles. The van der Waals surface area contributed by atoms with E-state index in [2.05, 4.69) is 10.6 Å². The lowest BCUT2D eigenvalue weighted by molar-refractivity contribution is -0.123. The molecule has 2 aromatic rings. The predicted octanol–water partition coefficient (Wildman–Crippen LogP) is 2.76. The fraction of sp³-hybridized carbons (Fsp3) is 0.348. The second-order valence-corrected chi connectivity index (χ2v) is 8.33. The maximum absolute atomic E-state index is 14.2. The maximum Gasteiger partial charge on any atom is 0.322 e. The van der Waals surface area contributed by atoms with Gasteiger partial charge in [0, 0.05) is 37.3 Å². The van der Waals surface area contributed by atoms with Crippen LogP contribution in [0.25, 0.3) is 0 Å². The Kier molecular flexibility index (Phi) is 5.58. The summed E-state index contributed by atoms with van der Waals surface area (Å²) in [5.41, 5.74) is -0.0461. The molecule has 0 spiro atoms. The molecule has 4 rings (SSSR count). The standard InChI is InChI=1S/C23H24F2N4O3/c1-14-8-9-28(19-7-6-17(24)13-18(19)25)10-11-29(14)20(30)15-4-3-5-16(12-15)23(2)21(31)26-22(32)27-23/h3-7,12-14H,8-11H2,1-2H3,(H2,26,27,31,32). The number of hydrogen-bond acceptors (Lipinski definition) is 4. The minimum atomic E-state index is -1.26. The fourth-order valence-corrected chi connectivity index (χ4v) is 4.21. The zero-order valence-electron chi connectivity index (χ0n) is 17.8. The molecule has 2 unspecified atom stereocenters. The number of nitrogens with zero attached hydrogens (tertiary/aromatic N) is 2. The van der Waals surface area contributed by atoms with Crippen LogP contribution in [-0.4, -0.2) is 48.4 Å². The van der Waals surface area contributed by atoms with E-state index < -0.39 is 29.1 Å². The van der Waals surface area contributed by atoms with Crippen molar-refractivity contribution >= 4 is 23.5 Å². The Hall–Kier alpha value is -3.49. The number of carbonyl (C=O) groups is 3. The van der Waals surface area contributed by atoms with Gasteiger partial charge in [-0.15, -0.1) is 0 Å². The quantitative estimate of drug-likeness (QED) is 0.717. The van der Waals surface area contributed by atoms with Crippen LogP contribution in [0.15, 0.2) is 42.5 Å². The van der Waals surface area contributed by atoms with Gasteiger partial charge in [0.1, 0.15) is 17.2 Å². The summed E-state index contributed by atoms with van der Waals surface area (Å²) in [4.78, 5) is 40.7. The predicted molar refractivity (Wildman–Crippen MR) is 114 cm³/mol. The first kappa shape index (κ1) is 21.7. The lowest BCUT2D eigenvalue weighted by atomic mass is 9.91. The number of hydrogen-bond donors (Lipinski definition) is 2. The molecule has 4 amide bonds. The van der Waals surface area contributed by atoms with Gasteiger partial charge in [-0.3, -0.25) is 14.9 Å². The van der Waals surface area contributed by atoms with E-state index in [-0.39, 0.29) is 11.9 Å². The van der Waals surface area contributed by atoms with Crippen molar-refractivity contribution in [1.29, 1.82) is 0 Å². The van der Waals surface area contributed by atoms with E-state index in [0.717, 1.165) is 6.07 Å². The van der Waals surface area contributed by atoms with Crippen LogP contribution in [0.1, 0.15) is 36.2 Å². The monoisotopic (exact) mass is 442 g/mol. The van der Waals surface area contributed by atoms with E-state index in [0.29, 0.717) is 42.9 Å². The van der Waals surface area contributed by atoms with Crippen LogP contribution in [0.5, 0.6) is 0 Å². The van der Waals surface area contributed by atoms with E-state index in [1.807, 2.05) is 11.8 Å². The third kappa shape index (κ3) is 3.90. The van der Waals surface area contributed by atoms with Crippen LogP contribution in [0.3, 0.4) is 0 Å². The van der Waals surface area contributed by atoms with Gasteiger partial charge in [-0.25, -0.2) is 13.6 Å². The molecule has 2 aliphatic heterocycles. The molecule has 2 fully saturated rings. The lowest BCUT2D eigenvalue weighted by Gasteiger charge is -2.28. The summed E-state index contributed by atoms with van der Waals surface area (Å²) in [7, 11) is 0. The highest BCUT2D eigenvalue weighted by Gasteiger charge is 2.43. The molecule has 2 atom stereocenters. The van der Waals surface area contributed by atoms with Crippen molar-refractivity contribution in [3.05, 3.63) is 65.2 Å². The first-order valence-electron chi connectivity index (χ1n) is 10.4. The summed E-state index contributed by atoms with van der Waals surface area (Å²) in [5, 5.41) is 4.82. The largest absolute Gasteiger partial charge is 0.367 e. The van der Waals surface area contributed by atoms with E-state index in [1.165, 1.54) is 12.1 Å². The summed E-state index contributed by atoms with van der Waals surface area (Å²) >= 11 is 0. The van der Waals surface area contributed by atoms with Crippen molar-refractivity contribution in [1.82, 2.24) is 15.5 Å². The van der Waals surface area contributed by atoms with Crippen molar-refractivity contribution in [2.75, 3.05) is 24.5 Å². The van der Waals surface area contributed by atoms with Gasteiger partial charge in [0.2, 0.25) is 0 Å². The van der Waals surface area contributed by atoms with Gasteiger partial charge in [0.15, 0.2) is 0 Å². The number of carbonyl (C=O) groups excluding carboxylic acids is 3. The number of anilines is 1. The molecule has 0 aliphatic carbocycles. The van der Waals surface area contributed by atoms with Gasteiger partial charge < -0.3 is 15.1 Å². The third-order valence-electron chi connectivity index (χ3n) is 6.20. The van der Waals surface area contributed by atoms with E-state index in [4.69, 9.17) is 0 Å². The van der Waals surface area contributed by atoms with Gasteiger partial charge >= 0.3 is 6.03 Å². The highest BCUT2D eigenvalue weighted by Crippen LogP contribution is 2.27. The van der Waals surface area contributed by atoms with Gasteiger partial charge in [-0.1, -0.05) is 12.1 Å². The van der Waals surface area contributed by atoms with Crippen molar-refractivity contribution in [3.63, 3.8) is 0 Å². The van der Waals surface area contributed by atoms with Gasteiger partial charge in [0.05, 0.1) is 5.69 Å². The van der Waals surface area contributed by atoms with E-state index in [9.17, 15) is 23.2 Å².